The van der Waals surface area contributed by atoms with Crippen LogP contribution in [0.15, 0.2) is 24.3 Å². The number of likely N-dealkylation sites (tertiary alicyclic amines) is 1. The van der Waals surface area contributed by atoms with Crippen LogP contribution in [-0.2, 0) is 0 Å². The molecule has 2 atom stereocenters. The molecule has 3 rings (SSSR count). The summed E-state index contributed by atoms with van der Waals surface area (Å²) in [5.41, 5.74) is 1.01. The minimum Gasteiger partial charge on any atom is -0.331 e. The van der Waals surface area contributed by atoms with Crippen LogP contribution in [0.2, 0.25) is 0 Å². The Morgan fingerprint density at radius 2 is 2.00 bits per heavy atom. The van der Waals surface area contributed by atoms with Crippen molar-refractivity contribution < 1.29 is 9.18 Å². The summed E-state index contributed by atoms with van der Waals surface area (Å²) in [6.07, 6.45) is 3.33. The van der Waals surface area contributed by atoms with Gasteiger partial charge in [-0.15, -0.1) is 0 Å². The second-order valence-corrected chi connectivity index (χ2v) is 7.18. The zero-order valence-electron chi connectivity index (χ0n) is 14.0. The number of nitrogens with one attached hydrogen (secondary N) is 1. The number of carbonyl (C=O) groups excluding carboxylic acids is 1. The highest BCUT2D eigenvalue weighted by atomic mass is 19.1. The van der Waals surface area contributed by atoms with Crippen LogP contribution >= 0.6 is 0 Å². The molecule has 2 unspecified atom stereocenters. The van der Waals surface area contributed by atoms with E-state index in [2.05, 4.69) is 24.3 Å². The van der Waals surface area contributed by atoms with Gasteiger partial charge in [0.15, 0.2) is 0 Å². The fourth-order valence-corrected chi connectivity index (χ4v) is 3.48. The molecule has 2 aliphatic rings. The molecule has 1 aliphatic heterocycles. The molecule has 0 radical (unpaired) electrons. The lowest BCUT2D eigenvalue weighted by Crippen LogP contribution is -2.41. The topological polar surface area (TPSA) is 35.6 Å². The molecule has 0 aromatic heterocycles. The van der Waals surface area contributed by atoms with Crippen LogP contribution in [0.25, 0.3) is 0 Å². The molecule has 0 bridgehead atoms. The van der Waals surface area contributed by atoms with Crippen LogP contribution in [0.1, 0.15) is 30.9 Å². The molecule has 1 aromatic carbocycles. The Hall–Kier alpha value is -1.62. The highest BCUT2D eigenvalue weighted by molar-refractivity contribution is 5.75. The summed E-state index contributed by atoms with van der Waals surface area (Å²) in [6, 6.07) is 6.55. The highest BCUT2D eigenvalue weighted by Crippen LogP contribution is 2.41. The average Bonchev–Trinajstić information content (AvgIpc) is 3.24. The van der Waals surface area contributed by atoms with Gasteiger partial charge in [-0.3, -0.25) is 0 Å². The van der Waals surface area contributed by atoms with Crippen molar-refractivity contribution in [2.45, 2.75) is 25.3 Å². The zero-order valence-corrected chi connectivity index (χ0v) is 14.0. The third-order valence-corrected chi connectivity index (χ3v) is 4.80. The van der Waals surface area contributed by atoms with Gasteiger partial charge in [0.05, 0.1) is 6.04 Å². The van der Waals surface area contributed by atoms with Gasteiger partial charge < -0.3 is 15.1 Å². The van der Waals surface area contributed by atoms with Crippen molar-refractivity contribution in [1.82, 2.24) is 15.1 Å². The van der Waals surface area contributed by atoms with Gasteiger partial charge in [0.25, 0.3) is 0 Å². The predicted molar refractivity (Wildman–Crippen MR) is 88.6 cm³/mol. The first kappa shape index (κ1) is 16.2. The smallest absolute Gasteiger partial charge is 0.317 e. The van der Waals surface area contributed by atoms with Gasteiger partial charge in [0, 0.05) is 19.6 Å². The first-order valence-corrected chi connectivity index (χ1v) is 8.48. The number of halogens is 1. The van der Waals surface area contributed by atoms with Crippen LogP contribution < -0.4 is 5.32 Å². The molecule has 1 aliphatic carbocycles. The van der Waals surface area contributed by atoms with Crippen LogP contribution in [0.3, 0.4) is 0 Å². The molecule has 2 fully saturated rings. The number of hydrogen-bond donors (Lipinski definition) is 1. The van der Waals surface area contributed by atoms with E-state index in [9.17, 15) is 9.18 Å². The van der Waals surface area contributed by atoms with Crippen molar-refractivity contribution in [2.24, 2.45) is 11.8 Å². The third-order valence-electron chi connectivity index (χ3n) is 4.80. The third kappa shape index (κ3) is 4.22. The standard InChI is InChI=1S/C18H26FN3O/c1-21(2)11-13-9-10-22(12-13)18(23)20-17(14-3-4-14)15-5-7-16(19)8-6-15/h5-8,13-14,17H,3-4,9-12H2,1-2H3,(H,20,23). The molecular weight excluding hydrogens is 293 g/mol. The molecule has 4 nitrogen and oxygen atoms in total. The molecule has 1 saturated heterocycles. The van der Waals surface area contributed by atoms with Crippen LogP contribution in [-0.4, -0.2) is 49.6 Å². The van der Waals surface area contributed by atoms with E-state index >= 15 is 0 Å². The second-order valence-electron chi connectivity index (χ2n) is 7.18. The van der Waals surface area contributed by atoms with Gasteiger partial charge in [-0.2, -0.15) is 0 Å². The maximum atomic E-state index is 13.1. The summed E-state index contributed by atoms with van der Waals surface area (Å²) in [4.78, 5) is 16.7. The lowest BCUT2D eigenvalue weighted by Gasteiger charge is -2.24. The van der Waals surface area contributed by atoms with E-state index in [-0.39, 0.29) is 17.9 Å². The minimum absolute atomic E-state index is 0.0102. The molecular formula is C18H26FN3O. The fourth-order valence-electron chi connectivity index (χ4n) is 3.48. The SMILES string of the molecule is CN(C)CC1CCN(C(=O)NC(c2ccc(F)cc2)C2CC2)C1. The van der Waals surface area contributed by atoms with Gasteiger partial charge in [-0.25, -0.2) is 9.18 Å². The van der Waals surface area contributed by atoms with E-state index in [1.807, 2.05) is 4.90 Å². The van der Waals surface area contributed by atoms with Crippen molar-refractivity contribution in [1.29, 1.82) is 0 Å². The average molecular weight is 319 g/mol. The number of urea groups is 1. The lowest BCUT2D eigenvalue weighted by molar-refractivity contribution is 0.199. The fraction of sp³-hybridized carbons (Fsp3) is 0.611. The van der Waals surface area contributed by atoms with E-state index in [1.54, 1.807) is 12.1 Å². The number of benzene rings is 1. The Morgan fingerprint density at radius 3 is 2.61 bits per heavy atom. The number of hydrogen-bond acceptors (Lipinski definition) is 2. The maximum absolute atomic E-state index is 13.1. The van der Waals surface area contributed by atoms with Crippen molar-refractivity contribution in [3.8, 4) is 0 Å². The molecule has 1 N–H and O–H groups in total. The van der Waals surface area contributed by atoms with E-state index in [1.165, 1.54) is 12.1 Å². The molecule has 2 amide bonds. The van der Waals surface area contributed by atoms with Crippen molar-refractivity contribution in [3.63, 3.8) is 0 Å². The summed E-state index contributed by atoms with van der Waals surface area (Å²) in [5, 5.41) is 3.18. The Morgan fingerprint density at radius 1 is 1.30 bits per heavy atom. The second kappa shape index (κ2) is 6.87. The van der Waals surface area contributed by atoms with Crippen molar-refractivity contribution in [2.75, 3.05) is 33.7 Å². The van der Waals surface area contributed by atoms with Crippen LogP contribution in [0, 0.1) is 17.7 Å². The normalized spacial score (nSPS) is 22.4. The number of carbonyl (C=O) groups is 1. The molecule has 5 heteroatoms. The van der Waals surface area contributed by atoms with Gasteiger partial charge in [0.2, 0.25) is 0 Å². The first-order chi connectivity index (χ1) is 11.0. The highest BCUT2D eigenvalue weighted by Gasteiger charge is 2.35. The molecule has 0 spiro atoms. The summed E-state index contributed by atoms with van der Waals surface area (Å²) < 4.78 is 13.1. The monoisotopic (exact) mass is 319 g/mol. The summed E-state index contributed by atoms with van der Waals surface area (Å²) >= 11 is 0. The summed E-state index contributed by atoms with van der Waals surface area (Å²) in [7, 11) is 4.14. The first-order valence-electron chi connectivity index (χ1n) is 8.48. The van der Waals surface area contributed by atoms with Crippen LogP contribution in [0.4, 0.5) is 9.18 Å². The van der Waals surface area contributed by atoms with Gasteiger partial charge in [-0.1, -0.05) is 12.1 Å². The number of amides is 2. The Balaban J connectivity index is 1.60. The summed E-state index contributed by atoms with van der Waals surface area (Å²) in [5.74, 6) is 0.811. The molecule has 1 aromatic rings. The quantitative estimate of drug-likeness (QED) is 0.906. The van der Waals surface area contributed by atoms with Crippen molar-refractivity contribution >= 4 is 6.03 Å². The van der Waals surface area contributed by atoms with Gasteiger partial charge in [-0.05, 0) is 62.9 Å². The van der Waals surface area contributed by atoms with Gasteiger partial charge in [0.1, 0.15) is 5.82 Å². The Kier molecular flexibility index (Phi) is 4.85. The molecule has 1 saturated carbocycles. The maximum Gasteiger partial charge on any atom is 0.317 e. The lowest BCUT2D eigenvalue weighted by atomic mass is 10.0. The van der Waals surface area contributed by atoms with Crippen molar-refractivity contribution in [3.05, 3.63) is 35.6 Å². The minimum atomic E-state index is -0.235. The van der Waals surface area contributed by atoms with E-state index < -0.39 is 0 Å². The Labute approximate surface area is 137 Å². The van der Waals surface area contributed by atoms with E-state index in [4.69, 9.17) is 0 Å². The zero-order chi connectivity index (χ0) is 16.4. The summed E-state index contributed by atoms with van der Waals surface area (Å²) in [6.45, 7) is 2.67. The van der Waals surface area contributed by atoms with Crippen LogP contribution in [0.5, 0.6) is 0 Å². The number of nitrogens with zero attached hydrogens (tertiary/aromatic N) is 2. The predicted octanol–water partition coefficient (Wildman–Crippen LogP) is 2.87. The number of rotatable bonds is 5. The molecule has 126 valence electrons. The molecule has 23 heavy (non-hydrogen) atoms. The molecule has 1 heterocycles. The Bertz CT molecular complexity index is 542. The van der Waals surface area contributed by atoms with Gasteiger partial charge >= 0.3 is 6.03 Å². The van der Waals surface area contributed by atoms with E-state index in [0.717, 1.165) is 44.5 Å². The largest absolute Gasteiger partial charge is 0.331 e. The van der Waals surface area contributed by atoms with E-state index in [0.29, 0.717) is 11.8 Å².